The molecule has 1 aromatic carbocycles. The van der Waals surface area contributed by atoms with Gasteiger partial charge in [0, 0.05) is 10.2 Å². The number of halogens is 1. The quantitative estimate of drug-likeness (QED) is 0.782. The van der Waals surface area contributed by atoms with E-state index in [4.69, 9.17) is 0 Å². The standard InChI is InChI=1S/C18H19BrO/c1-8-12-10-7-11-13-14(10)17(8,19)16(13)18(20,15(11)12)9-5-3-2-4-6-9/h2-6,8,10-16,20H,7H2,1H3/t8-,10-,11+,12-,13-,14-,15+,16-,17+,18+/m1/s1. The summed E-state index contributed by atoms with van der Waals surface area (Å²) in [6.07, 6.45) is 1.40. The maximum absolute atomic E-state index is 11.8. The van der Waals surface area contributed by atoms with Gasteiger partial charge in [-0.1, -0.05) is 53.2 Å². The van der Waals surface area contributed by atoms with Gasteiger partial charge in [0.05, 0.1) is 5.60 Å². The largest absolute Gasteiger partial charge is 0.384 e. The Labute approximate surface area is 127 Å². The molecule has 0 spiro atoms. The van der Waals surface area contributed by atoms with Crippen molar-refractivity contribution >= 4 is 15.9 Å². The first kappa shape index (κ1) is 11.3. The molecule has 0 heterocycles. The van der Waals surface area contributed by atoms with Crippen molar-refractivity contribution in [1.82, 2.24) is 0 Å². The predicted octanol–water partition coefficient (Wildman–Crippen LogP) is 3.42. The van der Waals surface area contributed by atoms with E-state index < -0.39 is 5.60 Å². The lowest BCUT2D eigenvalue weighted by atomic mass is 9.52. The van der Waals surface area contributed by atoms with E-state index in [0.717, 1.165) is 35.5 Å². The van der Waals surface area contributed by atoms with Crippen LogP contribution in [0, 0.1) is 47.3 Å². The van der Waals surface area contributed by atoms with Gasteiger partial charge in [-0.05, 0) is 53.4 Å². The van der Waals surface area contributed by atoms with Crippen molar-refractivity contribution in [3.63, 3.8) is 0 Å². The zero-order valence-electron chi connectivity index (χ0n) is 11.5. The van der Waals surface area contributed by atoms with Gasteiger partial charge in [-0.15, -0.1) is 0 Å². The molecule has 5 aliphatic carbocycles. The lowest BCUT2D eigenvalue weighted by Gasteiger charge is -2.60. The fourth-order valence-corrected chi connectivity index (χ4v) is 9.67. The fourth-order valence-electron chi connectivity index (χ4n) is 8.06. The van der Waals surface area contributed by atoms with Crippen molar-refractivity contribution in [2.24, 2.45) is 47.3 Å². The molecule has 0 radical (unpaired) electrons. The Balaban J connectivity index is 1.63. The number of alkyl halides is 1. The number of hydrogen-bond donors (Lipinski definition) is 1. The van der Waals surface area contributed by atoms with Crippen LogP contribution in [0.2, 0.25) is 0 Å². The molecule has 2 heteroatoms. The van der Waals surface area contributed by atoms with Crippen LogP contribution >= 0.6 is 15.9 Å². The minimum Gasteiger partial charge on any atom is -0.384 e. The van der Waals surface area contributed by atoms with Gasteiger partial charge in [0.2, 0.25) is 0 Å². The van der Waals surface area contributed by atoms with E-state index >= 15 is 0 Å². The summed E-state index contributed by atoms with van der Waals surface area (Å²) in [4.78, 5) is 0. The van der Waals surface area contributed by atoms with Crippen LogP contribution in [0.25, 0.3) is 0 Å². The van der Waals surface area contributed by atoms with Gasteiger partial charge in [-0.3, -0.25) is 0 Å². The highest BCUT2D eigenvalue weighted by molar-refractivity contribution is 9.10. The van der Waals surface area contributed by atoms with Crippen molar-refractivity contribution in [2.75, 3.05) is 0 Å². The van der Waals surface area contributed by atoms with Gasteiger partial charge < -0.3 is 5.11 Å². The summed E-state index contributed by atoms with van der Waals surface area (Å²) in [7, 11) is 0. The zero-order chi connectivity index (χ0) is 13.4. The van der Waals surface area contributed by atoms with Crippen molar-refractivity contribution in [3.8, 4) is 0 Å². The Bertz CT molecular complexity index is 628. The molecule has 104 valence electrons. The van der Waals surface area contributed by atoms with Gasteiger partial charge in [-0.2, -0.15) is 0 Å². The molecule has 0 aromatic heterocycles. The molecule has 0 unspecified atom stereocenters. The van der Waals surface area contributed by atoms with E-state index in [1.165, 1.54) is 12.0 Å². The van der Waals surface area contributed by atoms with E-state index in [1.54, 1.807) is 0 Å². The average Bonchev–Trinajstić information content (AvgIpc) is 3.01. The highest BCUT2D eigenvalue weighted by Gasteiger charge is 2.91. The third kappa shape index (κ3) is 0.772. The summed E-state index contributed by atoms with van der Waals surface area (Å²) in [6.45, 7) is 2.45. The zero-order valence-corrected chi connectivity index (χ0v) is 13.1. The van der Waals surface area contributed by atoms with E-state index in [1.807, 2.05) is 0 Å². The number of rotatable bonds is 1. The van der Waals surface area contributed by atoms with Crippen LogP contribution in [0.5, 0.6) is 0 Å². The van der Waals surface area contributed by atoms with E-state index in [9.17, 15) is 5.11 Å². The SMILES string of the molecule is C[C@@H]1[C@@H]2[C@H]3C[C@H]4[C@@H]5[C@@H]3[C@]1(Br)[C@@H]5[C@](O)(c1ccccc1)[C@@H]42. The number of aliphatic hydroxyl groups is 1. The minimum absolute atomic E-state index is 0.235. The van der Waals surface area contributed by atoms with Crippen molar-refractivity contribution < 1.29 is 5.11 Å². The van der Waals surface area contributed by atoms with Gasteiger partial charge in [0.15, 0.2) is 0 Å². The van der Waals surface area contributed by atoms with Gasteiger partial charge in [0.1, 0.15) is 0 Å². The normalized spacial score (nSPS) is 67.0. The smallest absolute Gasteiger partial charge is 0.0974 e. The Morgan fingerprint density at radius 2 is 1.80 bits per heavy atom. The summed E-state index contributed by atoms with van der Waals surface area (Å²) in [6, 6.07) is 10.6. The summed E-state index contributed by atoms with van der Waals surface area (Å²) < 4.78 is 0.235. The molecule has 1 nitrogen and oxygen atoms in total. The molecule has 5 fully saturated rings. The molecule has 0 amide bonds. The lowest BCUT2D eigenvalue weighted by molar-refractivity contribution is -0.136. The first-order valence-electron chi connectivity index (χ1n) is 8.08. The molecule has 1 aromatic rings. The van der Waals surface area contributed by atoms with Crippen LogP contribution in [0.3, 0.4) is 0 Å². The van der Waals surface area contributed by atoms with Crippen LogP contribution in [-0.4, -0.2) is 9.43 Å². The van der Waals surface area contributed by atoms with E-state index in [2.05, 4.69) is 53.2 Å². The Morgan fingerprint density at radius 3 is 2.55 bits per heavy atom. The van der Waals surface area contributed by atoms with Crippen LogP contribution < -0.4 is 0 Å². The number of hydrogen-bond acceptors (Lipinski definition) is 1. The Kier molecular flexibility index (Phi) is 1.64. The number of fused-ring (bicyclic) bond motifs is 2. The van der Waals surface area contributed by atoms with Crippen LogP contribution in [0.15, 0.2) is 30.3 Å². The summed E-state index contributed by atoms with van der Waals surface area (Å²) in [5.74, 6) is 5.87. The third-order valence-corrected chi connectivity index (χ3v) is 9.90. The second kappa shape index (κ2) is 2.92. The molecule has 0 aliphatic heterocycles. The molecule has 2 bridgehead atoms. The van der Waals surface area contributed by atoms with Crippen molar-refractivity contribution in [3.05, 3.63) is 35.9 Å². The van der Waals surface area contributed by atoms with E-state index in [-0.39, 0.29) is 4.32 Å². The summed E-state index contributed by atoms with van der Waals surface area (Å²) >= 11 is 4.16. The Hall–Kier alpha value is -0.340. The second-order valence-electron chi connectivity index (χ2n) is 8.05. The second-order valence-corrected chi connectivity index (χ2v) is 9.43. The van der Waals surface area contributed by atoms with Gasteiger partial charge in [0.25, 0.3) is 0 Å². The maximum atomic E-state index is 11.8. The first-order chi connectivity index (χ1) is 9.61. The van der Waals surface area contributed by atoms with E-state index in [0.29, 0.717) is 11.8 Å². The van der Waals surface area contributed by atoms with Gasteiger partial charge in [-0.25, -0.2) is 0 Å². The molecular formula is C18H19BrO. The molecule has 10 atom stereocenters. The van der Waals surface area contributed by atoms with Crippen molar-refractivity contribution in [2.45, 2.75) is 23.3 Å². The Morgan fingerprint density at radius 1 is 1.10 bits per heavy atom. The fraction of sp³-hybridized carbons (Fsp3) is 0.667. The lowest BCUT2D eigenvalue weighted by Crippen LogP contribution is -2.64. The highest BCUT2D eigenvalue weighted by atomic mass is 79.9. The molecule has 0 saturated heterocycles. The predicted molar refractivity (Wildman–Crippen MR) is 80.2 cm³/mol. The highest BCUT2D eigenvalue weighted by Crippen LogP contribution is 2.91. The monoisotopic (exact) mass is 330 g/mol. The topological polar surface area (TPSA) is 20.2 Å². The molecular weight excluding hydrogens is 312 g/mol. The third-order valence-electron chi connectivity index (χ3n) is 8.15. The van der Waals surface area contributed by atoms with Crippen LogP contribution in [0.1, 0.15) is 18.9 Å². The molecule has 6 rings (SSSR count). The summed E-state index contributed by atoms with van der Waals surface area (Å²) in [5, 5.41) is 11.8. The van der Waals surface area contributed by atoms with Crippen molar-refractivity contribution in [1.29, 1.82) is 0 Å². The summed E-state index contributed by atoms with van der Waals surface area (Å²) in [5.41, 5.74) is 0.628. The maximum Gasteiger partial charge on any atom is 0.0974 e. The first-order valence-corrected chi connectivity index (χ1v) is 8.87. The molecule has 20 heavy (non-hydrogen) atoms. The number of benzene rings is 1. The molecule has 1 N–H and O–H groups in total. The molecule has 5 saturated carbocycles. The minimum atomic E-state index is -0.557. The average molecular weight is 331 g/mol. The van der Waals surface area contributed by atoms with Crippen LogP contribution in [-0.2, 0) is 5.60 Å². The van der Waals surface area contributed by atoms with Crippen LogP contribution in [0.4, 0.5) is 0 Å². The van der Waals surface area contributed by atoms with Gasteiger partial charge >= 0.3 is 0 Å². The molecule has 5 aliphatic rings.